The first-order valence-corrected chi connectivity index (χ1v) is 6.85. The van der Waals surface area contributed by atoms with E-state index in [-0.39, 0.29) is 4.90 Å². The summed E-state index contributed by atoms with van der Waals surface area (Å²) in [4.78, 5) is 10.6. The number of nitrogens with one attached hydrogen (secondary N) is 1. The van der Waals surface area contributed by atoms with Crippen LogP contribution in [0.25, 0.3) is 0 Å². The van der Waals surface area contributed by atoms with Crippen LogP contribution in [0.15, 0.2) is 21.5 Å². The first-order valence-electron chi connectivity index (χ1n) is 4.57. The van der Waals surface area contributed by atoms with Crippen molar-refractivity contribution in [1.29, 1.82) is 0 Å². The molecule has 1 amide bonds. The zero-order chi connectivity index (χ0) is 13.2. The Labute approximate surface area is 108 Å². The molecule has 0 saturated heterocycles. The number of carbonyl (C=O) groups excluding carboxylic acids is 1. The minimum Gasteiger partial charge on any atom is -0.398 e. The van der Waals surface area contributed by atoms with E-state index >= 15 is 0 Å². The van der Waals surface area contributed by atoms with Gasteiger partial charge in [0.05, 0.1) is 11.4 Å². The van der Waals surface area contributed by atoms with E-state index in [0.29, 0.717) is 15.7 Å². The first kappa shape index (κ1) is 13.9. The standard InChI is InChI=1S/C9H12BrN3O3S/c1-5-7(11)2-6(10)3-8(5)17(15,16)13-4-9(12)14/h2-3,13H,4,11H2,1H3,(H2,12,14). The number of sulfonamides is 1. The number of hydrogen-bond donors (Lipinski definition) is 3. The molecule has 0 bridgehead atoms. The van der Waals surface area contributed by atoms with Crippen molar-refractivity contribution in [3.63, 3.8) is 0 Å². The number of carbonyl (C=O) groups is 1. The molecule has 0 aromatic heterocycles. The average Bonchev–Trinajstić information content (AvgIpc) is 2.20. The third-order valence-corrected chi connectivity index (χ3v) is 4.08. The SMILES string of the molecule is Cc1c(N)cc(Br)cc1S(=O)(=O)NCC(N)=O. The van der Waals surface area contributed by atoms with Crippen LogP contribution in [0.4, 0.5) is 5.69 Å². The van der Waals surface area contributed by atoms with Crippen LogP contribution >= 0.6 is 15.9 Å². The van der Waals surface area contributed by atoms with Gasteiger partial charge in [0, 0.05) is 10.2 Å². The summed E-state index contributed by atoms with van der Waals surface area (Å²) in [6.07, 6.45) is 0. The molecule has 0 spiro atoms. The van der Waals surface area contributed by atoms with Gasteiger partial charge in [-0.05, 0) is 24.6 Å². The number of rotatable bonds is 4. The summed E-state index contributed by atoms with van der Waals surface area (Å²) in [5.41, 5.74) is 11.3. The van der Waals surface area contributed by atoms with E-state index in [1.165, 1.54) is 6.07 Å². The third-order valence-electron chi connectivity index (χ3n) is 2.09. The van der Waals surface area contributed by atoms with Gasteiger partial charge in [0.1, 0.15) is 0 Å². The topological polar surface area (TPSA) is 115 Å². The van der Waals surface area contributed by atoms with Crippen molar-refractivity contribution in [2.75, 3.05) is 12.3 Å². The molecule has 0 aliphatic heterocycles. The molecule has 94 valence electrons. The zero-order valence-electron chi connectivity index (χ0n) is 9.03. The Morgan fingerprint density at radius 2 is 2.06 bits per heavy atom. The quantitative estimate of drug-likeness (QED) is 0.682. The molecule has 5 N–H and O–H groups in total. The van der Waals surface area contributed by atoms with E-state index in [1.54, 1.807) is 13.0 Å². The Hall–Kier alpha value is -1.12. The lowest BCUT2D eigenvalue weighted by molar-refractivity contribution is -0.116. The lowest BCUT2D eigenvalue weighted by Gasteiger charge is -2.10. The summed E-state index contributed by atoms with van der Waals surface area (Å²) in [7, 11) is -3.79. The second-order valence-corrected chi connectivity index (χ2v) is 6.06. The highest BCUT2D eigenvalue weighted by atomic mass is 79.9. The molecule has 1 rings (SSSR count). The minimum absolute atomic E-state index is 0.0191. The van der Waals surface area contributed by atoms with Gasteiger partial charge in [-0.15, -0.1) is 0 Å². The van der Waals surface area contributed by atoms with Crippen molar-refractivity contribution >= 4 is 37.5 Å². The van der Waals surface area contributed by atoms with E-state index in [4.69, 9.17) is 11.5 Å². The molecule has 1 aromatic rings. The Morgan fingerprint density at radius 3 is 2.59 bits per heavy atom. The van der Waals surface area contributed by atoms with Crippen molar-refractivity contribution < 1.29 is 13.2 Å². The number of anilines is 1. The maximum absolute atomic E-state index is 11.9. The molecule has 0 heterocycles. The molecule has 0 unspecified atom stereocenters. The molecule has 0 atom stereocenters. The second-order valence-electron chi connectivity index (χ2n) is 3.41. The summed E-state index contributed by atoms with van der Waals surface area (Å²) >= 11 is 3.16. The van der Waals surface area contributed by atoms with E-state index in [1.807, 2.05) is 0 Å². The fraction of sp³-hybridized carbons (Fsp3) is 0.222. The molecule has 0 fully saturated rings. The largest absolute Gasteiger partial charge is 0.398 e. The van der Waals surface area contributed by atoms with Crippen LogP contribution in [-0.4, -0.2) is 20.9 Å². The maximum atomic E-state index is 11.9. The number of nitrogens with two attached hydrogens (primary N) is 2. The highest BCUT2D eigenvalue weighted by Crippen LogP contribution is 2.25. The van der Waals surface area contributed by atoms with Gasteiger partial charge in [0.25, 0.3) is 0 Å². The average molecular weight is 322 g/mol. The van der Waals surface area contributed by atoms with Crippen LogP contribution in [0, 0.1) is 6.92 Å². The van der Waals surface area contributed by atoms with E-state index in [0.717, 1.165) is 0 Å². The second kappa shape index (κ2) is 5.03. The molecule has 0 radical (unpaired) electrons. The van der Waals surface area contributed by atoms with Gasteiger partial charge in [-0.25, -0.2) is 13.1 Å². The zero-order valence-corrected chi connectivity index (χ0v) is 11.4. The molecule has 8 heteroatoms. The molecule has 0 aliphatic carbocycles. The van der Waals surface area contributed by atoms with E-state index in [2.05, 4.69) is 20.7 Å². The first-order chi connectivity index (χ1) is 7.74. The predicted octanol–water partition coefficient (Wildman–Crippen LogP) is 0.103. The minimum atomic E-state index is -3.79. The smallest absolute Gasteiger partial charge is 0.241 e. The van der Waals surface area contributed by atoms with Gasteiger partial charge in [0.15, 0.2) is 0 Å². The number of primary amides is 1. The Morgan fingerprint density at radius 1 is 1.47 bits per heavy atom. The maximum Gasteiger partial charge on any atom is 0.241 e. The lowest BCUT2D eigenvalue weighted by atomic mass is 10.2. The van der Waals surface area contributed by atoms with E-state index < -0.39 is 22.5 Å². The molecule has 0 aliphatic rings. The summed E-state index contributed by atoms with van der Waals surface area (Å²) < 4.78 is 26.4. The number of hydrogen-bond acceptors (Lipinski definition) is 4. The van der Waals surface area contributed by atoms with Crippen molar-refractivity contribution in [2.45, 2.75) is 11.8 Å². The van der Waals surface area contributed by atoms with Crippen LogP contribution < -0.4 is 16.2 Å². The van der Waals surface area contributed by atoms with Gasteiger partial charge >= 0.3 is 0 Å². The van der Waals surface area contributed by atoms with Gasteiger partial charge in [-0.2, -0.15) is 0 Å². The molecular formula is C9H12BrN3O3S. The monoisotopic (exact) mass is 321 g/mol. The molecule has 6 nitrogen and oxygen atoms in total. The van der Waals surface area contributed by atoms with Crippen molar-refractivity contribution in [2.24, 2.45) is 5.73 Å². The third kappa shape index (κ3) is 3.42. The van der Waals surface area contributed by atoms with Crippen LogP contribution in [0.3, 0.4) is 0 Å². The summed E-state index contributed by atoms with van der Waals surface area (Å²) in [5.74, 6) is -0.755. The molecule has 17 heavy (non-hydrogen) atoms. The van der Waals surface area contributed by atoms with Crippen molar-refractivity contribution in [3.8, 4) is 0 Å². The fourth-order valence-corrected chi connectivity index (χ4v) is 3.12. The lowest BCUT2D eigenvalue weighted by Crippen LogP contribution is -2.33. The fourth-order valence-electron chi connectivity index (χ4n) is 1.20. The van der Waals surface area contributed by atoms with Gasteiger partial charge < -0.3 is 11.5 Å². The van der Waals surface area contributed by atoms with Crippen LogP contribution in [0.5, 0.6) is 0 Å². The highest BCUT2D eigenvalue weighted by Gasteiger charge is 2.19. The number of amides is 1. The summed E-state index contributed by atoms with van der Waals surface area (Å²) in [5, 5.41) is 0. The summed E-state index contributed by atoms with van der Waals surface area (Å²) in [6, 6.07) is 3.01. The molecule has 1 aromatic carbocycles. The van der Waals surface area contributed by atoms with Gasteiger partial charge in [-0.1, -0.05) is 15.9 Å². The molecule has 0 saturated carbocycles. The van der Waals surface area contributed by atoms with Crippen LogP contribution in [0.2, 0.25) is 0 Å². The van der Waals surface area contributed by atoms with Crippen molar-refractivity contribution in [3.05, 3.63) is 22.2 Å². The normalized spacial score (nSPS) is 11.4. The van der Waals surface area contributed by atoms with Crippen molar-refractivity contribution in [1.82, 2.24) is 4.72 Å². The van der Waals surface area contributed by atoms with Gasteiger partial charge in [-0.3, -0.25) is 4.79 Å². The Balaban J connectivity index is 3.19. The van der Waals surface area contributed by atoms with Crippen LogP contribution in [0.1, 0.15) is 5.56 Å². The Bertz CT molecular complexity index is 557. The van der Waals surface area contributed by atoms with Crippen LogP contribution in [-0.2, 0) is 14.8 Å². The molecular weight excluding hydrogens is 310 g/mol. The van der Waals surface area contributed by atoms with E-state index in [9.17, 15) is 13.2 Å². The number of nitrogen functional groups attached to an aromatic ring is 1. The highest BCUT2D eigenvalue weighted by molar-refractivity contribution is 9.10. The predicted molar refractivity (Wildman–Crippen MR) is 67.7 cm³/mol. The van der Waals surface area contributed by atoms with Gasteiger partial charge in [0.2, 0.25) is 15.9 Å². The Kier molecular flexibility index (Phi) is 4.12. The summed E-state index contributed by atoms with van der Waals surface area (Å²) in [6.45, 7) is 1.13. The number of halogens is 1. The number of benzene rings is 1.